The predicted octanol–water partition coefficient (Wildman–Crippen LogP) is 1.28. The third-order valence-electron chi connectivity index (χ3n) is 1.79. The second-order valence-electron chi connectivity index (χ2n) is 2.95. The Morgan fingerprint density at radius 2 is 2.21 bits per heavy atom. The van der Waals surface area contributed by atoms with Crippen molar-refractivity contribution in [3.05, 3.63) is 11.8 Å². The van der Waals surface area contributed by atoms with Gasteiger partial charge in [0.15, 0.2) is 0 Å². The molecule has 1 N–H and O–H groups in total. The van der Waals surface area contributed by atoms with Crippen molar-refractivity contribution in [2.24, 2.45) is 0 Å². The maximum atomic E-state index is 5.39. The Morgan fingerprint density at radius 1 is 1.43 bits per heavy atom. The van der Waals surface area contributed by atoms with Gasteiger partial charge < -0.3 is 14.5 Å². The molecule has 14 heavy (non-hydrogen) atoms. The van der Waals surface area contributed by atoms with Gasteiger partial charge in [-0.1, -0.05) is 6.92 Å². The van der Waals surface area contributed by atoms with Crippen LogP contribution in [0.1, 0.15) is 38.6 Å². The molecular weight excluding hydrogens is 182 g/mol. The molecule has 0 saturated carbocycles. The van der Waals surface area contributed by atoms with Crippen molar-refractivity contribution in [1.29, 1.82) is 0 Å². The zero-order valence-electron chi connectivity index (χ0n) is 8.91. The first kappa shape index (κ1) is 11.1. The van der Waals surface area contributed by atoms with Gasteiger partial charge in [-0.2, -0.15) is 0 Å². The third-order valence-corrected chi connectivity index (χ3v) is 1.79. The van der Waals surface area contributed by atoms with E-state index in [1.54, 1.807) is 0 Å². The van der Waals surface area contributed by atoms with Crippen LogP contribution in [0, 0.1) is 0 Å². The zero-order chi connectivity index (χ0) is 10.4. The third kappa shape index (κ3) is 3.08. The van der Waals surface area contributed by atoms with Crippen molar-refractivity contribution in [2.75, 3.05) is 13.2 Å². The van der Waals surface area contributed by atoms with Gasteiger partial charge >= 0.3 is 0 Å². The normalized spacial score (nSPS) is 13.1. The van der Waals surface area contributed by atoms with Crippen LogP contribution in [0.4, 0.5) is 0 Å². The number of ether oxygens (including phenoxy) is 1. The van der Waals surface area contributed by atoms with Crippen LogP contribution >= 0.6 is 0 Å². The molecular formula is C9H17N3O2. The number of hydrogen-bond donors (Lipinski definition) is 1. The minimum absolute atomic E-state index is 0.0999. The summed E-state index contributed by atoms with van der Waals surface area (Å²) in [6.45, 7) is 7.88. The zero-order valence-corrected chi connectivity index (χ0v) is 8.91. The van der Waals surface area contributed by atoms with E-state index in [2.05, 4.69) is 15.5 Å². The Kier molecular flexibility index (Phi) is 4.55. The van der Waals surface area contributed by atoms with Gasteiger partial charge in [0.1, 0.15) is 6.61 Å². The van der Waals surface area contributed by atoms with Crippen LogP contribution in [0.3, 0.4) is 0 Å². The topological polar surface area (TPSA) is 60.2 Å². The standard InChI is InChI=1S/C9H17N3O2/c1-4-10-7(3)9-12-11-8(14-9)6-13-5-2/h7,10H,4-6H2,1-3H3. The fourth-order valence-corrected chi connectivity index (χ4v) is 1.08. The van der Waals surface area contributed by atoms with Crippen molar-refractivity contribution in [3.8, 4) is 0 Å². The van der Waals surface area contributed by atoms with Crippen molar-refractivity contribution < 1.29 is 9.15 Å². The Morgan fingerprint density at radius 3 is 2.86 bits per heavy atom. The molecule has 0 radical (unpaired) electrons. The molecule has 1 aromatic rings. The molecule has 1 aromatic heterocycles. The lowest BCUT2D eigenvalue weighted by Gasteiger charge is -2.05. The smallest absolute Gasteiger partial charge is 0.242 e. The second kappa shape index (κ2) is 5.72. The number of aromatic nitrogens is 2. The van der Waals surface area contributed by atoms with E-state index in [0.717, 1.165) is 6.54 Å². The molecule has 0 aromatic carbocycles. The quantitative estimate of drug-likeness (QED) is 0.747. The molecule has 0 bridgehead atoms. The minimum atomic E-state index is 0.0999. The Bertz CT molecular complexity index is 262. The van der Waals surface area contributed by atoms with E-state index >= 15 is 0 Å². The summed E-state index contributed by atoms with van der Waals surface area (Å²) in [5.41, 5.74) is 0. The lowest BCUT2D eigenvalue weighted by molar-refractivity contribution is 0.113. The largest absolute Gasteiger partial charge is 0.421 e. The van der Waals surface area contributed by atoms with Gasteiger partial charge in [-0.3, -0.25) is 0 Å². The van der Waals surface area contributed by atoms with E-state index in [-0.39, 0.29) is 6.04 Å². The maximum Gasteiger partial charge on any atom is 0.242 e. The molecule has 5 heteroatoms. The monoisotopic (exact) mass is 199 g/mol. The first-order valence-corrected chi connectivity index (χ1v) is 4.91. The molecule has 1 heterocycles. The highest BCUT2D eigenvalue weighted by Crippen LogP contribution is 2.10. The summed E-state index contributed by atoms with van der Waals surface area (Å²) >= 11 is 0. The molecule has 0 saturated heterocycles. The summed E-state index contributed by atoms with van der Waals surface area (Å²) in [4.78, 5) is 0. The van der Waals surface area contributed by atoms with Crippen LogP contribution in [-0.2, 0) is 11.3 Å². The molecule has 1 unspecified atom stereocenters. The summed E-state index contributed by atoms with van der Waals surface area (Å²) < 4.78 is 10.5. The Balaban J connectivity index is 2.49. The van der Waals surface area contributed by atoms with E-state index < -0.39 is 0 Å². The van der Waals surface area contributed by atoms with Crippen LogP contribution in [0.25, 0.3) is 0 Å². The number of nitrogens with one attached hydrogen (secondary N) is 1. The number of nitrogens with zero attached hydrogens (tertiary/aromatic N) is 2. The minimum Gasteiger partial charge on any atom is -0.421 e. The van der Waals surface area contributed by atoms with Crippen LogP contribution in [-0.4, -0.2) is 23.3 Å². The molecule has 0 amide bonds. The van der Waals surface area contributed by atoms with Crippen LogP contribution in [0.5, 0.6) is 0 Å². The lowest BCUT2D eigenvalue weighted by Crippen LogP contribution is -2.17. The van der Waals surface area contributed by atoms with Gasteiger partial charge in [-0.15, -0.1) is 10.2 Å². The summed E-state index contributed by atoms with van der Waals surface area (Å²) in [6, 6.07) is 0.0999. The molecule has 0 aliphatic heterocycles. The second-order valence-corrected chi connectivity index (χ2v) is 2.95. The first-order chi connectivity index (χ1) is 6.77. The summed E-state index contributed by atoms with van der Waals surface area (Å²) in [6.07, 6.45) is 0. The van der Waals surface area contributed by atoms with Crippen LogP contribution in [0.15, 0.2) is 4.42 Å². The van der Waals surface area contributed by atoms with Crippen molar-refractivity contribution in [2.45, 2.75) is 33.4 Å². The molecule has 0 fully saturated rings. The van der Waals surface area contributed by atoms with E-state index in [4.69, 9.17) is 9.15 Å². The van der Waals surface area contributed by atoms with Gasteiger partial charge in [-0.05, 0) is 20.4 Å². The summed E-state index contributed by atoms with van der Waals surface area (Å²) in [5, 5.41) is 11.0. The van der Waals surface area contributed by atoms with E-state index in [9.17, 15) is 0 Å². The fraction of sp³-hybridized carbons (Fsp3) is 0.778. The summed E-state index contributed by atoms with van der Waals surface area (Å²) in [7, 11) is 0. The number of rotatable bonds is 6. The maximum absolute atomic E-state index is 5.39. The van der Waals surface area contributed by atoms with Gasteiger partial charge in [0.05, 0.1) is 6.04 Å². The molecule has 1 atom stereocenters. The van der Waals surface area contributed by atoms with Gasteiger partial charge in [0.2, 0.25) is 11.8 Å². The van der Waals surface area contributed by atoms with Gasteiger partial charge in [-0.25, -0.2) is 0 Å². The van der Waals surface area contributed by atoms with Gasteiger partial charge in [0.25, 0.3) is 0 Å². The Hall–Kier alpha value is -0.940. The molecule has 0 spiro atoms. The highest BCUT2D eigenvalue weighted by molar-refractivity contribution is 4.86. The summed E-state index contributed by atoms with van der Waals surface area (Å²) in [5.74, 6) is 1.15. The first-order valence-electron chi connectivity index (χ1n) is 4.91. The SMILES string of the molecule is CCNC(C)c1nnc(COCC)o1. The fourth-order valence-electron chi connectivity index (χ4n) is 1.08. The average Bonchev–Trinajstić information content (AvgIpc) is 2.63. The molecule has 80 valence electrons. The van der Waals surface area contributed by atoms with E-state index in [1.165, 1.54) is 0 Å². The van der Waals surface area contributed by atoms with Crippen molar-refractivity contribution in [3.63, 3.8) is 0 Å². The molecule has 5 nitrogen and oxygen atoms in total. The molecule has 0 aliphatic carbocycles. The number of hydrogen-bond acceptors (Lipinski definition) is 5. The van der Waals surface area contributed by atoms with E-state index in [0.29, 0.717) is 25.0 Å². The Labute approximate surface area is 83.9 Å². The molecule has 1 rings (SSSR count). The highest BCUT2D eigenvalue weighted by atomic mass is 16.5. The average molecular weight is 199 g/mol. The van der Waals surface area contributed by atoms with Crippen molar-refractivity contribution >= 4 is 0 Å². The van der Waals surface area contributed by atoms with Crippen LogP contribution < -0.4 is 5.32 Å². The molecule has 0 aliphatic rings. The predicted molar refractivity (Wildman–Crippen MR) is 51.7 cm³/mol. The van der Waals surface area contributed by atoms with Gasteiger partial charge in [0, 0.05) is 6.61 Å². The highest BCUT2D eigenvalue weighted by Gasteiger charge is 2.12. The van der Waals surface area contributed by atoms with Crippen LogP contribution in [0.2, 0.25) is 0 Å². The van der Waals surface area contributed by atoms with E-state index in [1.807, 2.05) is 20.8 Å². The lowest BCUT2D eigenvalue weighted by atomic mass is 10.3. The van der Waals surface area contributed by atoms with Crippen molar-refractivity contribution in [1.82, 2.24) is 15.5 Å².